The molecule has 2 aromatic carbocycles. The summed E-state index contributed by atoms with van der Waals surface area (Å²) in [7, 11) is 3.91. The Labute approximate surface area is 157 Å². The van der Waals surface area contributed by atoms with E-state index in [0.29, 0.717) is 16.9 Å². The maximum Gasteiger partial charge on any atom is 0.274 e. The normalized spacial score (nSPS) is 9.96. The van der Waals surface area contributed by atoms with Crippen LogP contribution >= 0.6 is 0 Å². The average Bonchev–Trinajstić information content (AvgIpc) is 2.68. The standard InChI is InChI=1S/C20H18N6O/c1-26(2)17-8-6-15(7-9-17)23-19(27)18-10-11-22-20(25-18)24-16-5-3-4-14(12-16)13-21/h3-12H,1-2H3,(H,23,27)(H,22,24,25). The Kier molecular flexibility index (Phi) is 5.28. The second-order valence-corrected chi connectivity index (χ2v) is 5.98. The van der Waals surface area contributed by atoms with Crippen molar-refractivity contribution in [3.05, 3.63) is 72.1 Å². The molecule has 0 fully saturated rings. The predicted molar refractivity (Wildman–Crippen MR) is 105 cm³/mol. The van der Waals surface area contributed by atoms with Crippen molar-refractivity contribution in [2.45, 2.75) is 0 Å². The van der Waals surface area contributed by atoms with E-state index in [1.54, 1.807) is 30.3 Å². The molecular formula is C20H18N6O. The molecule has 7 nitrogen and oxygen atoms in total. The smallest absolute Gasteiger partial charge is 0.274 e. The summed E-state index contributed by atoms with van der Waals surface area (Å²) < 4.78 is 0. The van der Waals surface area contributed by atoms with Gasteiger partial charge in [0.25, 0.3) is 5.91 Å². The highest BCUT2D eigenvalue weighted by Gasteiger charge is 2.10. The monoisotopic (exact) mass is 358 g/mol. The number of carbonyl (C=O) groups excluding carboxylic acids is 1. The second-order valence-electron chi connectivity index (χ2n) is 5.98. The molecule has 1 heterocycles. The highest BCUT2D eigenvalue weighted by Crippen LogP contribution is 2.17. The van der Waals surface area contributed by atoms with Gasteiger partial charge in [-0.3, -0.25) is 4.79 Å². The van der Waals surface area contributed by atoms with Crippen molar-refractivity contribution in [3.8, 4) is 6.07 Å². The highest BCUT2D eigenvalue weighted by molar-refractivity contribution is 6.03. The lowest BCUT2D eigenvalue weighted by Crippen LogP contribution is -2.15. The van der Waals surface area contributed by atoms with E-state index in [2.05, 4.69) is 26.7 Å². The van der Waals surface area contributed by atoms with Gasteiger partial charge < -0.3 is 15.5 Å². The fourth-order valence-electron chi connectivity index (χ4n) is 2.38. The van der Waals surface area contributed by atoms with Crippen molar-refractivity contribution in [2.24, 2.45) is 0 Å². The van der Waals surface area contributed by atoms with E-state index in [9.17, 15) is 4.79 Å². The molecule has 0 bridgehead atoms. The average molecular weight is 358 g/mol. The molecule has 0 spiro atoms. The summed E-state index contributed by atoms with van der Waals surface area (Å²) in [6, 6.07) is 18.1. The van der Waals surface area contributed by atoms with Gasteiger partial charge in [0, 0.05) is 37.4 Å². The summed E-state index contributed by atoms with van der Waals surface area (Å²) in [5.41, 5.74) is 3.16. The number of carbonyl (C=O) groups is 1. The molecule has 0 radical (unpaired) electrons. The minimum absolute atomic E-state index is 0.237. The van der Waals surface area contributed by atoms with Crippen LogP contribution < -0.4 is 15.5 Å². The van der Waals surface area contributed by atoms with Gasteiger partial charge in [-0.2, -0.15) is 5.26 Å². The lowest BCUT2D eigenvalue weighted by atomic mass is 10.2. The van der Waals surface area contributed by atoms with Crippen molar-refractivity contribution in [1.29, 1.82) is 5.26 Å². The Bertz CT molecular complexity index is 992. The van der Waals surface area contributed by atoms with Gasteiger partial charge in [-0.1, -0.05) is 6.07 Å². The fourth-order valence-corrected chi connectivity index (χ4v) is 2.38. The summed E-state index contributed by atoms with van der Waals surface area (Å²) in [5, 5.41) is 14.8. The van der Waals surface area contributed by atoms with Crippen LogP contribution in [-0.2, 0) is 0 Å². The van der Waals surface area contributed by atoms with E-state index in [-0.39, 0.29) is 17.5 Å². The van der Waals surface area contributed by atoms with Crippen molar-refractivity contribution in [1.82, 2.24) is 9.97 Å². The number of nitrogens with zero attached hydrogens (tertiary/aromatic N) is 4. The number of benzene rings is 2. The zero-order chi connectivity index (χ0) is 19.2. The molecule has 3 aromatic rings. The third-order valence-corrected chi connectivity index (χ3v) is 3.78. The second kappa shape index (κ2) is 7.97. The van der Waals surface area contributed by atoms with Crippen LogP contribution in [0.4, 0.5) is 23.0 Å². The molecule has 0 atom stereocenters. The molecule has 0 saturated heterocycles. The van der Waals surface area contributed by atoms with Gasteiger partial charge in [0.15, 0.2) is 0 Å². The van der Waals surface area contributed by atoms with Crippen LogP contribution in [0, 0.1) is 11.3 Å². The van der Waals surface area contributed by atoms with E-state index < -0.39 is 0 Å². The topological polar surface area (TPSA) is 93.9 Å². The molecule has 0 aliphatic heterocycles. The number of hydrogen-bond donors (Lipinski definition) is 2. The van der Waals surface area contributed by atoms with Gasteiger partial charge in [0.2, 0.25) is 5.95 Å². The number of aromatic nitrogens is 2. The Morgan fingerprint density at radius 1 is 1.07 bits per heavy atom. The number of amides is 1. The summed E-state index contributed by atoms with van der Waals surface area (Å²) in [4.78, 5) is 22.8. The summed E-state index contributed by atoms with van der Waals surface area (Å²) in [6.07, 6.45) is 1.51. The minimum atomic E-state index is -0.330. The first kappa shape index (κ1) is 17.9. The van der Waals surface area contributed by atoms with Crippen LogP contribution in [0.15, 0.2) is 60.8 Å². The molecule has 0 aliphatic rings. The van der Waals surface area contributed by atoms with E-state index >= 15 is 0 Å². The number of nitriles is 1. The molecule has 3 rings (SSSR count). The van der Waals surface area contributed by atoms with Crippen LogP contribution in [-0.4, -0.2) is 30.0 Å². The first-order valence-electron chi connectivity index (χ1n) is 8.24. The molecule has 0 saturated carbocycles. The molecule has 1 aromatic heterocycles. The third kappa shape index (κ3) is 4.58. The van der Waals surface area contributed by atoms with Crippen LogP contribution in [0.3, 0.4) is 0 Å². The Morgan fingerprint density at radius 3 is 2.56 bits per heavy atom. The van der Waals surface area contributed by atoms with E-state index in [4.69, 9.17) is 5.26 Å². The molecule has 7 heteroatoms. The van der Waals surface area contributed by atoms with Gasteiger partial charge >= 0.3 is 0 Å². The first-order chi connectivity index (χ1) is 13.0. The SMILES string of the molecule is CN(C)c1ccc(NC(=O)c2ccnc(Nc3cccc(C#N)c3)n2)cc1. The summed E-state index contributed by atoms with van der Waals surface area (Å²) in [5.74, 6) is -0.0514. The molecular weight excluding hydrogens is 340 g/mol. The van der Waals surface area contributed by atoms with E-state index in [1.807, 2.05) is 43.3 Å². The fraction of sp³-hybridized carbons (Fsp3) is 0.100. The largest absolute Gasteiger partial charge is 0.378 e. The molecule has 27 heavy (non-hydrogen) atoms. The molecule has 1 amide bonds. The third-order valence-electron chi connectivity index (χ3n) is 3.78. The number of rotatable bonds is 5. The van der Waals surface area contributed by atoms with Crippen LogP contribution in [0.5, 0.6) is 0 Å². The predicted octanol–water partition coefficient (Wildman–Crippen LogP) is 3.41. The van der Waals surface area contributed by atoms with Crippen molar-refractivity contribution < 1.29 is 4.79 Å². The number of anilines is 4. The van der Waals surface area contributed by atoms with Crippen LogP contribution in [0.2, 0.25) is 0 Å². The maximum atomic E-state index is 12.5. The quantitative estimate of drug-likeness (QED) is 0.726. The summed E-state index contributed by atoms with van der Waals surface area (Å²) >= 11 is 0. The van der Waals surface area contributed by atoms with E-state index in [0.717, 1.165) is 5.69 Å². The molecule has 134 valence electrons. The van der Waals surface area contributed by atoms with Crippen molar-refractivity contribution >= 4 is 28.9 Å². The number of nitrogens with one attached hydrogen (secondary N) is 2. The van der Waals surface area contributed by atoms with Gasteiger partial charge in [0.05, 0.1) is 11.6 Å². The Hall–Kier alpha value is -3.92. The van der Waals surface area contributed by atoms with Gasteiger partial charge in [-0.15, -0.1) is 0 Å². The van der Waals surface area contributed by atoms with Crippen LogP contribution in [0.1, 0.15) is 16.1 Å². The van der Waals surface area contributed by atoms with Gasteiger partial charge in [-0.25, -0.2) is 9.97 Å². The van der Waals surface area contributed by atoms with E-state index in [1.165, 1.54) is 6.20 Å². The lowest BCUT2D eigenvalue weighted by Gasteiger charge is -2.13. The zero-order valence-corrected chi connectivity index (χ0v) is 15.0. The molecule has 0 unspecified atom stereocenters. The Balaban J connectivity index is 1.72. The highest BCUT2D eigenvalue weighted by atomic mass is 16.1. The van der Waals surface area contributed by atoms with Crippen LogP contribution in [0.25, 0.3) is 0 Å². The number of hydrogen-bond acceptors (Lipinski definition) is 6. The van der Waals surface area contributed by atoms with Crippen molar-refractivity contribution in [2.75, 3.05) is 29.6 Å². The molecule has 0 aliphatic carbocycles. The first-order valence-corrected chi connectivity index (χ1v) is 8.24. The van der Waals surface area contributed by atoms with Gasteiger partial charge in [0.1, 0.15) is 5.69 Å². The molecule has 2 N–H and O–H groups in total. The lowest BCUT2D eigenvalue weighted by molar-refractivity contribution is 0.102. The maximum absolute atomic E-state index is 12.5. The van der Waals surface area contributed by atoms with Crippen molar-refractivity contribution in [3.63, 3.8) is 0 Å². The van der Waals surface area contributed by atoms with Gasteiger partial charge in [-0.05, 0) is 48.5 Å². The zero-order valence-electron chi connectivity index (χ0n) is 15.0. The minimum Gasteiger partial charge on any atom is -0.378 e. The Morgan fingerprint density at radius 2 is 1.85 bits per heavy atom. The summed E-state index contributed by atoms with van der Waals surface area (Å²) in [6.45, 7) is 0.